The summed E-state index contributed by atoms with van der Waals surface area (Å²) in [5, 5.41) is 11.6. The fraction of sp³-hybridized carbons (Fsp3) is 0.500. The van der Waals surface area contributed by atoms with E-state index in [9.17, 15) is 14.4 Å². The van der Waals surface area contributed by atoms with Crippen LogP contribution in [0.5, 0.6) is 0 Å². The van der Waals surface area contributed by atoms with Crippen LogP contribution in [0.4, 0.5) is 0 Å². The highest BCUT2D eigenvalue weighted by atomic mass is 16.4. The lowest BCUT2D eigenvalue weighted by atomic mass is 9.74. The molecule has 0 saturated heterocycles. The molecule has 1 saturated carbocycles. The molecular weight excluding hydrogens is 276 g/mol. The molecular formula is C14H18N2O5. The molecule has 1 heterocycles. The number of carboxylic acid groups (broad SMARTS) is 1. The summed E-state index contributed by atoms with van der Waals surface area (Å²) in [4.78, 5) is 36.0. The second-order valence-corrected chi connectivity index (χ2v) is 5.39. The number of carbonyl (C=O) groups is 3. The van der Waals surface area contributed by atoms with E-state index >= 15 is 0 Å². The molecule has 2 rings (SSSR count). The SMILES string of the molecule is CN(CC(=O)NC1(CC(=O)O)CCC1)C(=O)c1ccco1. The molecule has 2 amide bonds. The minimum atomic E-state index is -0.935. The number of hydrogen-bond acceptors (Lipinski definition) is 4. The van der Waals surface area contributed by atoms with Crippen molar-refractivity contribution >= 4 is 17.8 Å². The topological polar surface area (TPSA) is 99.9 Å². The van der Waals surface area contributed by atoms with Gasteiger partial charge in [-0.05, 0) is 31.4 Å². The molecule has 1 aromatic rings. The van der Waals surface area contributed by atoms with Crippen LogP contribution in [0.2, 0.25) is 0 Å². The van der Waals surface area contributed by atoms with E-state index in [4.69, 9.17) is 9.52 Å². The molecule has 2 N–H and O–H groups in total. The first kappa shape index (κ1) is 15.1. The zero-order chi connectivity index (χ0) is 15.5. The average Bonchev–Trinajstić information content (AvgIpc) is 2.88. The number of carboxylic acids is 1. The Balaban J connectivity index is 1.89. The Kier molecular flexibility index (Phi) is 4.30. The smallest absolute Gasteiger partial charge is 0.305 e. The third-order valence-electron chi connectivity index (χ3n) is 3.66. The first-order valence-electron chi connectivity index (χ1n) is 6.74. The Hall–Kier alpha value is -2.31. The first-order chi connectivity index (χ1) is 9.92. The van der Waals surface area contributed by atoms with Crippen molar-refractivity contribution in [3.05, 3.63) is 24.2 Å². The Labute approximate surface area is 121 Å². The lowest BCUT2D eigenvalue weighted by molar-refractivity contribution is -0.140. The molecule has 7 heteroatoms. The Morgan fingerprint density at radius 1 is 1.43 bits per heavy atom. The van der Waals surface area contributed by atoms with Crippen molar-refractivity contribution in [3.63, 3.8) is 0 Å². The molecule has 1 aliphatic rings. The lowest BCUT2D eigenvalue weighted by Gasteiger charge is -2.41. The molecule has 0 bridgehead atoms. The van der Waals surface area contributed by atoms with E-state index in [2.05, 4.69) is 5.32 Å². The number of furan rings is 1. The van der Waals surface area contributed by atoms with Crippen molar-refractivity contribution in [1.82, 2.24) is 10.2 Å². The Morgan fingerprint density at radius 3 is 2.62 bits per heavy atom. The van der Waals surface area contributed by atoms with E-state index in [1.165, 1.54) is 24.3 Å². The van der Waals surface area contributed by atoms with Gasteiger partial charge in [-0.1, -0.05) is 0 Å². The van der Waals surface area contributed by atoms with Crippen LogP contribution in [0.3, 0.4) is 0 Å². The molecule has 0 atom stereocenters. The fourth-order valence-electron chi connectivity index (χ4n) is 2.45. The second-order valence-electron chi connectivity index (χ2n) is 5.39. The summed E-state index contributed by atoms with van der Waals surface area (Å²) in [6.07, 6.45) is 3.50. The van der Waals surface area contributed by atoms with Crippen LogP contribution < -0.4 is 5.32 Å². The van der Waals surface area contributed by atoms with Gasteiger partial charge in [-0.15, -0.1) is 0 Å². The highest BCUT2D eigenvalue weighted by Crippen LogP contribution is 2.34. The Bertz CT molecular complexity index is 534. The summed E-state index contributed by atoms with van der Waals surface area (Å²) < 4.78 is 4.98. The maximum atomic E-state index is 12.0. The van der Waals surface area contributed by atoms with Crippen molar-refractivity contribution in [1.29, 1.82) is 0 Å². The predicted octanol–water partition coefficient (Wildman–Crippen LogP) is 0.865. The molecule has 0 aromatic carbocycles. The van der Waals surface area contributed by atoms with E-state index < -0.39 is 17.4 Å². The monoisotopic (exact) mass is 294 g/mol. The Morgan fingerprint density at radius 2 is 2.14 bits per heavy atom. The number of aliphatic carboxylic acids is 1. The summed E-state index contributed by atoms with van der Waals surface area (Å²) in [5.74, 6) is -1.53. The fourth-order valence-corrected chi connectivity index (χ4v) is 2.45. The van der Waals surface area contributed by atoms with Gasteiger partial charge in [0.15, 0.2) is 5.76 Å². The average molecular weight is 294 g/mol. The largest absolute Gasteiger partial charge is 0.481 e. The number of likely N-dealkylation sites (N-methyl/N-ethyl adjacent to an activating group) is 1. The minimum Gasteiger partial charge on any atom is -0.481 e. The van der Waals surface area contributed by atoms with E-state index in [1.54, 1.807) is 6.07 Å². The van der Waals surface area contributed by atoms with Gasteiger partial charge in [0.2, 0.25) is 5.91 Å². The number of amides is 2. The van der Waals surface area contributed by atoms with Crippen LogP contribution in [-0.2, 0) is 9.59 Å². The third-order valence-corrected chi connectivity index (χ3v) is 3.66. The normalized spacial score (nSPS) is 15.9. The number of hydrogen-bond donors (Lipinski definition) is 2. The van der Waals surface area contributed by atoms with Crippen LogP contribution >= 0.6 is 0 Å². The van der Waals surface area contributed by atoms with Gasteiger partial charge < -0.3 is 19.7 Å². The van der Waals surface area contributed by atoms with Gasteiger partial charge in [-0.25, -0.2) is 0 Å². The summed E-state index contributed by atoms with van der Waals surface area (Å²) in [7, 11) is 1.50. The molecule has 0 unspecified atom stereocenters. The minimum absolute atomic E-state index is 0.0887. The van der Waals surface area contributed by atoms with Crippen LogP contribution in [-0.4, -0.2) is 46.9 Å². The number of carbonyl (C=O) groups excluding carboxylic acids is 2. The van der Waals surface area contributed by atoms with Crippen LogP contribution in [0.15, 0.2) is 22.8 Å². The van der Waals surface area contributed by atoms with E-state index in [0.29, 0.717) is 12.8 Å². The summed E-state index contributed by atoms with van der Waals surface area (Å²) in [6.45, 7) is -0.138. The molecule has 114 valence electrons. The number of rotatable bonds is 6. The second kappa shape index (κ2) is 5.99. The summed E-state index contributed by atoms with van der Waals surface area (Å²) in [5.41, 5.74) is -0.655. The summed E-state index contributed by atoms with van der Waals surface area (Å²) in [6, 6.07) is 3.12. The predicted molar refractivity (Wildman–Crippen MR) is 72.6 cm³/mol. The highest BCUT2D eigenvalue weighted by molar-refractivity contribution is 5.94. The molecule has 7 nitrogen and oxygen atoms in total. The van der Waals surface area contributed by atoms with Gasteiger partial charge in [-0.2, -0.15) is 0 Å². The maximum Gasteiger partial charge on any atom is 0.305 e. The molecule has 0 spiro atoms. The van der Waals surface area contributed by atoms with E-state index in [0.717, 1.165) is 6.42 Å². The number of nitrogens with one attached hydrogen (secondary N) is 1. The highest BCUT2D eigenvalue weighted by Gasteiger charge is 2.40. The van der Waals surface area contributed by atoms with Crippen molar-refractivity contribution in [2.24, 2.45) is 0 Å². The quantitative estimate of drug-likeness (QED) is 0.810. The van der Waals surface area contributed by atoms with Gasteiger partial charge in [0.1, 0.15) is 0 Å². The van der Waals surface area contributed by atoms with Crippen molar-refractivity contribution in [3.8, 4) is 0 Å². The zero-order valence-corrected chi connectivity index (χ0v) is 11.8. The van der Waals surface area contributed by atoms with Crippen LogP contribution in [0.25, 0.3) is 0 Å². The summed E-state index contributed by atoms with van der Waals surface area (Å²) >= 11 is 0. The van der Waals surface area contributed by atoms with Gasteiger partial charge in [-0.3, -0.25) is 14.4 Å². The lowest BCUT2D eigenvalue weighted by Crippen LogP contribution is -2.56. The van der Waals surface area contributed by atoms with E-state index in [-0.39, 0.29) is 24.6 Å². The van der Waals surface area contributed by atoms with Gasteiger partial charge in [0.25, 0.3) is 5.91 Å². The molecule has 1 fully saturated rings. The maximum absolute atomic E-state index is 12.0. The van der Waals surface area contributed by atoms with Crippen molar-refractivity contribution < 1.29 is 23.9 Å². The van der Waals surface area contributed by atoms with Crippen molar-refractivity contribution in [2.45, 2.75) is 31.2 Å². The third kappa shape index (κ3) is 3.62. The van der Waals surface area contributed by atoms with Crippen LogP contribution in [0, 0.1) is 0 Å². The standard InChI is InChI=1S/C14H18N2O5/c1-16(13(20)10-4-2-7-21-10)9-11(17)15-14(5-3-6-14)8-12(18)19/h2,4,7H,3,5-6,8-9H2,1H3,(H,15,17)(H,18,19). The van der Waals surface area contributed by atoms with Gasteiger partial charge >= 0.3 is 5.97 Å². The van der Waals surface area contributed by atoms with Gasteiger partial charge in [0.05, 0.1) is 24.8 Å². The van der Waals surface area contributed by atoms with Crippen molar-refractivity contribution in [2.75, 3.05) is 13.6 Å². The van der Waals surface area contributed by atoms with Crippen LogP contribution in [0.1, 0.15) is 36.2 Å². The molecule has 21 heavy (non-hydrogen) atoms. The molecule has 0 radical (unpaired) electrons. The molecule has 1 aromatic heterocycles. The van der Waals surface area contributed by atoms with Gasteiger partial charge in [0, 0.05) is 7.05 Å². The molecule has 1 aliphatic carbocycles. The zero-order valence-electron chi connectivity index (χ0n) is 11.8. The van der Waals surface area contributed by atoms with E-state index in [1.807, 2.05) is 0 Å². The molecule has 0 aliphatic heterocycles. The first-order valence-corrected chi connectivity index (χ1v) is 6.74. The number of nitrogens with zero attached hydrogens (tertiary/aromatic N) is 1.